The lowest BCUT2D eigenvalue weighted by Gasteiger charge is -2.08. The molecule has 3 aromatic rings. The molecular formula is C22H17F2NO3. The number of carbonyl (C=O) groups is 2. The van der Waals surface area contributed by atoms with Gasteiger partial charge in [0.15, 0.2) is 6.61 Å². The van der Waals surface area contributed by atoms with Gasteiger partial charge >= 0.3 is 5.97 Å². The molecule has 28 heavy (non-hydrogen) atoms. The monoisotopic (exact) mass is 381 g/mol. The Morgan fingerprint density at radius 2 is 1.54 bits per heavy atom. The van der Waals surface area contributed by atoms with Gasteiger partial charge in [0.2, 0.25) is 0 Å². The summed E-state index contributed by atoms with van der Waals surface area (Å²) >= 11 is 0. The normalized spacial score (nSPS) is 10.4. The number of rotatable bonds is 6. The predicted molar refractivity (Wildman–Crippen MR) is 102 cm³/mol. The van der Waals surface area contributed by atoms with Gasteiger partial charge in [-0.05, 0) is 28.8 Å². The van der Waals surface area contributed by atoms with Crippen LogP contribution in [0.3, 0.4) is 0 Å². The SMILES string of the molecule is O=C(COC(=O)Cc1ccc(-c2ccccc2)cc1)Nc1cc(F)ccc1F. The zero-order valence-electron chi connectivity index (χ0n) is 14.8. The Balaban J connectivity index is 1.50. The maximum absolute atomic E-state index is 13.5. The van der Waals surface area contributed by atoms with Gasteiger partial charge in [0.25, 0.3) is 5.91 Å². The minimum Gasteiger partial charge on any atom is -0.455 e. The van der Waals surface area contributed by atoms with Crippen molar-refractivity contribution in [3.8, 4) is 11.1 Å². The maximum atomic E-state index is 13.5. The van der Waals surface area contributed by atoms with E-state index in [1.165, 1.54) is 0 Å². The molecule has 0 bridgehead atoms. The van der Waals surface area contributed by atoms with E-state index in [0.29, 0.717) is 0 Å². The number of carbonyl (C=O) groups excluding carboxylic acids is 2. The van der Waals surface area contributed by atoms with Gasteiger partial charge in [0.1, 0.15) is 11.6 Å². The highest BCUT2D eigenvalue weighted by Gasteiger charge is 2.12. The van der Waals surface area contributed by atoms with E-state index in [9.17, 15) is 18.4 Å². The first-order valence-electron chi connectivity index (χ1n) is 8.56. The molecule has 0 unspecified atom stereocenters. The van der Waals surface area contributed by atoms with Gasteiger partial charge in [-0.25, -0.2) is 8.78 Å². The third-order valence-corrected chi connectivity index (χ3v) is 3.98. The third kappa shape index (κ3) is 5.23. The number of nitrogens with one attached hydrogen (secondary N) is 1. The molecular weight excluding hydrogens is 364 g/mol. The molecule has 0 aliphatic rings. The molecule has 0 spiro atoms. The largest absolute Gasteiger partial charge is 0.455 e. The molecule has 142 valence electrons. The average Bonchev–Trinajstić information content (AvgIpc) is 2.70. The van der Waals surface area contributed by atoms with E-state index in [1.54, 1.807) is 0 Å². The summed E-state index contributed by atoms with van der Waals surface area (Å²) in [4.78, 5) is 23.7. The van der Waals surface area contributed by atoms with Gasteiger partial charge in [-0.1, -0.05) is 54.6 Å². The molecule has 0 radical (unpaired) electrons. The second kappa shape index (κ2) is 8.90. The highest BCUT2D eigenvalue weighted by atomic mass is 19.1. The molecule has 3 aromatic carbocycles. The first-order chi connectivity index (χ1) is 13.5. The third-order valence-electron chi connectivity index (χ3n) is 3.98. The zero-order chi connectivity index (χ0) is 19.9. The Hall–Kier alpha value is -3.54. The Morgan fingerprint density at radius 1 is 0.857 bits per heavy atom. The number of amides is 1. The first-order valence-corrected chi connectivity index (χ1v) is 8.56. The summed E-state index contributed by atoms with van der Waals surface area (Å²) in [6, 6.07) is 19.9. The molecule has 1 amide bonds. The molecule has 0 fully saturated rings. The van der Waals surface area contributed by atoms with Crippen LogP contribution in [0.15, 0.2) is 72.8 Å². The summed E-state index contributed by atoms with van der Waals surface area (Å²) in [5, 5.41) is 2.16. The van der Waals surface area contributed by atoms with Crippen molar-refractivity contribution in [1.82, 2.24) is 0 Å². The molecule has 0 aliphatic heterocycles. The number of hydrogen-bond acceptors (Lipinski definition) is 3. The Labute approximate surface area is 160 Å². The number of esters is 1. The smallest absolute Gasteiger partial charge is 0.310 e. The minimum atomic E-state index is -0.778. The van der Waals surface area contributed by atoms with E-state index in [4.69, 9.17) is 4.74 Å². The minimum absolute atomic E-state index is 0.00330. The van der Waals surface area contributed by atoms with Crippen molar-refractivity contribution in [3.63, 3.8) is 0 Å². The maximum Gasteiger partial charge on any atom is 0.310 e. The van der Waals surface area contributed by atoms with Gasteiger partial charge in [-0.15, -0.1) is 0 Å². The van der Waals surface area contributed by atoms with Crippen LogP contribution in [0.4, 0.5) is 14.5 Å². The van der Waals surface area contributed by atoms with E-state index in [1.807, 2.05) is 54.6 Å². The van der Waals surface area contributed by atoms with Crippen molar-refractivity contribution < 1.29 is 23.1 Å². The van der Waals surface area contributed by atoms with Crippen LogP contribution < -0.4 is 5.32 Å². The summed E-state index contributed by atoms with van der Waals surface area (Å²) in [5.74, 6) is -2.81. The van der Waals surface area contributed by atoms with Crippen molar-refractivity contribution in [2.75, 3.05) is 11.9 Å². The summed E-state index contributed by atoms with van der Waals surface area (Å²) in [6.07, 6.45) is -0.00330. The fourth-order valence-corrected chi connectivity index (χ4v) is 2.59. The molecule has 0 heterocycles. The Kier molecular flexibility index (Phi) is 6.11. The summed E-state index contributed by atoms with van der Waals surface area (Å²) in [5.41, 5.74) is 2.52. The van der Waals surface area contributed by atoms with Crippen LogP contribution >= 0.6 is 0 Å². The molecule has 4 nitrogen and oxygen atoms in total. The molecule has 0 atom stereocenters. The standard InChI is InChI=1S/C22H17F2NO3/c23-18-10-11-19(24)20(13-18)25-21(26)14-28-22(27)12-15-6-8-17(9-7-15)16-4-2-1-3-5-16/h1-11,13H,12,14H2,(H,25,26). The summed E-state index contributed by atoms with van der Waals surface area (Å²) in [7, 11) is 0. The zero-order valence-corrected chi connectivity index (χ0v) is 14.8. The van der Waals surface area contributed by atoms with Crippen LogP contribution in [0.2, 0.25) is 0 Å². The van der Waals surface area contributed by atoms with Crippen LogP contribution in [0, 0.1) is 11.6 Å². The number of hydrogen-bond donors (Lipinski definition) is 1. The van der Waals surface area contributed by atoms with Crippen LogP contribution in [0.25, 0.3) is 11.1 Å². The Bertz CT molecular complexity index is 973. The fraction of sp³-hybridized carbons (Fsp3) is 0.0909. The molecule has 0 saturated heterocycles. The van der Waals surface area contributed by atoms with Crippen molar-refractivity contribution in [2.45, 2.75) is 6.42 Å². The lowest BCUT2D eigenvalue weighted by molar-refractivity contribution is -0.146. The van der Waals surface area contributed by atoms with Crippen LogP contribution in [0.1, 0.15) is 5.56 Å². The molecule has 0 saturated carbocycles. The topological polar surface area (TPSA) is 55.4 Å². The van der Waals surface area contributed by atoms with Crippen molar-refractivity contribution in [1.29, 1.82) is 0 Å². The van der Waals surface area contributed by atoms with Gasteiger partial charge in [-0.3, -0.25) is 9.59 Å². The number of anilines is 1. The first kappa shape index (κ1) is 19.2. The second-order valence-electron chi connectivity index (χ2n) is 6.07. The van der Waals surface area contributed by atoms with Crippen molar-refractivity contribution in [3.05, 3.63) is 90.0 Å². The van der Waals surface area contributed by atoms with Crippen molar-refractivity contribution >= 4 is 17.6 Å². The number of benzene rings is 3. The molecule has 0 aromatic heterocycles. The highest BCUT2D eigenvalue weighted by molar-refractivity contribution is 5.93. The molecule has 1 N–H and O–H groups in total. The van der Waals surface area contributed by atoms with Crippen LogP contribution in [-0.2, 0) is 20.7 Å². The quantitative estimate of drug-likeness (QED) is 0.646. The summed E-state index contributed by atoms with van der Waals surface area (Å²) in [6.45, 7) is -0.586. The lowest BCUT2D eigenvalue weighted by atomic mass is 10.0. The lowest BCUT2D eigenvalue weighted by Crippen LogP contribution is -2.22. The number of halogens is 2. The van der Waals surface area contributed by atoms with Crippen LogP contribution in [-0.4, -0.2) is 18.5 Å². The van der Waals surface area contributed by atoms with Crippen molar-refractivity contribution in [2.24, 2.45) is 0 Å². The molecule has 0 aliphatic carbocycles. The predicted octanol–water partition coefficient (Wildman–Crippen LogP) is 4.36. The van der Waals surface area contributed by atoms with Gasteiger partial charge in [-0.2, -0.15) is 0 Å². The van der Waals surface area contributed by atoms with Crippen LogP contribution in [0.5, 0.6) is 0 Å². The van der Waals surface area contributed by atoms with E-state index in [2.05, 4.69) is 5.32 Å². The van der Waals surface area contributed by atoms with E-state index in [0.717, 1.165) is 34.9 Å². The Morgan fingerprint density at radius 3 is 2.25 bits per heavy atom. The van der Waals surface area contributed by atoms with Gasteiger partial charge in [0, 0.05) is 6.07 Å². The highest BCUT2D eigenvalue weighted by Crippen LogP contribution is 2.19. The van der Waals surface area contributed by atoms with Gasteiger partial charge < -0.3 is 10.1 Å². The average molecular weight is 381 g/mol. The summed E-state index contributed by atoms with van der Waals surface area (Å²) < 4.78 is 31.5. The molecule has 3 rings (SSSR count). The van der Waals surface area contributed by atoms with E-state index in [-0.39, 0.29) is 12.1 Å². The molecule has 6 heteroatoms. The van der Waals surface area contributed by atoms with Gasteiger partial charge in [0.05, 0.1) is 12.1 Å². The second-order valence-corrected chi connectivity index (χ2v) is 6.07. The number of ether oxygens (including phenoxy) is 1. The fourth-order valence-electron chi connectivity index (χ4n) is 2.59. The van der Waals surface area contributed by atoms with E-state index >= 15 is 0 Å². The van der Waals surface area contributed by atoms with E-state index < -0.39 is 30.1 Å².